The van der Waals surface area contributed by atoms with Gasteiger partial charge in [-0.05, 0) is 48.4 Å². The Morgan fingerprint density at radius 1 is 1.32 bits per heavy atom. The molecule has 0 bridgehead atoms. The Labute approximate surface area is 131 Å². The second-order valence-electron chi connectivity index (χ2n) is 6.80. The lowest BCUT2D eigenvalue weighted by Crippen LogP contribution is -2.30. The molecule has 0 spiro atoms. The summed E-state index contributed by atoms with van der Waals surface area (Å²) in [7, 11) is 0. The fourth-order valence-corrected chi connectivity index (χ4v) is 3.36. The average Bonchev–Trinajstić information content (AvgIpc) is 3.05. The smallest absolute Gasteiger partial charge is 0.316 e. The number of likely N-dealkylation sites (tertiary alicyclic amines) is 1. The predicted molar refractivity (Wildman–Crippen MR) is 83.6 cm³/mol. The van der Waals surface area contributed by atoms with Gasteiger partial charge in [-0.2, -0.15) is 0 Å². The van der Waals surface area contributed by atoms with Crippen molar-refractivity contribution in [2.45, 2.75) is 39.5 Å². The number of hydrogen-bond donors (Lipinski definition) is 0. The summed E-state index contributed by atoms with van der Waals surface area (Å²) < 4.78 is 5.51. The first kappa shape index (κ1) is 15.1. The number of carbonyl (C=O) groups is 2. The van der Waals surface area contributed by atoms with Crippen molar-refractivity contribution in [2.24, 2.45) is 11.8 Å². The Hall–Kier alpha value is -1.84. The van der Waals surface area contributed by atoms with Gasteiger partial charge in [0.1, 0.15) is 5.75 Å². The van der Waals surface area contributed by atoms with Crippen LogP contribution in [-0.4, -0.2) is 29.9 Å². The summed E-state index contributed by atoms with van der Waals surface area (Å²) in [5.74, 6) is 0.470. The number of nitrogens with zero attached hydrogens (tertiary/aromatic N) is 1. The summed E-state index contributed by atoms with van der Waals surface area (Å²) in [6.45, 7) is 5.34. The Morgan fingerprint density at radius 2 is 2.09 bits per heavy atom. The third-order valence-electron chi connectivity index (χ3n) is 4.42. The quantitative estimate of drug-likeness (QED) is 0.634. The van der Waals surface area contributed by atoms with Crippen LogP contribution in [-0.2, 0) is 22.4 Å². The molecule has 0 radical (unpaired) electrons. The van der Waals surface area contributed by atoms with E-state index in [4.69, 9.17) is 4.74 Å². The summed E-state index contributed by atoms with van der Waals surface area (Å²) >= 11 is 0. The van der Waals surface area contributed by atoms with E-state index in [0.717, 1.165) is 12.8 Å². The van der Waals surface area contributed by atoms with Gasteiger partial charge in [-0.15, -0.1) is 0 Å². The standard InChI is InChI=1S/C18H23NO3/c1-12(2)10-19-11-15(9-17(19)20)18(21)22-16-7-6-13-4-3-5-14(13)8-16/h6-8,12,15H,3-5,9-11H2,1-2H3. The summed E-state index contributed by atoms with van der Waals surface area (Å²) in [6, 6.07) is 5.89. The highest BCUT2D eigenvalue weighted by molar-refractivity contribution is 5.87. The normalized spacial score (nSPS) is 20.6. The van der Waals surface area contributed by atoms with Crippen LogP contribution in [0.15, 0.2) is 18.2 Å². The van der Waals surface area contributed by atoms with Crippen LogP contribution in [0.2, 0.25) is 0 Å². The summed E-state index contributed by atoms with van der Waals surface area (Å²) in [4.78, 5) is 26.0. The van der Waals surface area contributed by atoms with Crippen LogP contribution < -0.4 is 4.74 Å². The maximum absolute atomic E-state index is 12.3. The van der Waals surface area contributed by atoms with Crippen LogP contribution in [0.4, 0.5) is 0 Å². The minimum Gasteiger partial charge on any atom is -0.426 e. The summed E-state index contributed by atoms with van der Waals surface area (Å²) in [6.07, 6.45) is 3.63. The van der Waals surface area contributed by atoms with Crippen molar-refractivity contribution in [3.8, 4) is 5.75 Å². The van der Waals surface area contributed by atoms with Crippen LogP contribution in [0.5, 0.6) is 5.75 Å². The Balaban J connectivity index is 1.62. The van der Waals surface area contributed by atoms with E-state index in [1.165, 1.54) is 17.5 Å². The first-order valence-electron chi connectivity index (χ1n) is 8.14. The molecule has 1 aliphatic carbocycles. The van der Waals surface area contributed by atoms with Crippen molar-refractivity contribution in [3.05, 3.63) is 29.3 Å². The molecule has 4 nitrogen and oxygen atoms in total. The third kappa shape index (κ3) is 3.16. The molecule has 0 N–H and O–H groups in total. The zero-order chi connectivity index (χ0) is 15.7. The van der Waals surface area contributed by atoms with Gasteiger partial charge in [-0.1, -0.05) is 19.9 Å². The van der Waals surface area contributed by atoms with Gasteiger partial charge in [0, 0.05) is 19.5 Å². The van der Waals surface area contributed by atoms with Gasteiger partial charge in [0.25, 0.3) is 0 Å². The molecule has 1 amide bonds. The topological polar surface area (TPSA) is 46.6 Å². The van der Waals surface area contributed by atoms with Crippen LogP contribution in [0.1, 0.15) is 37.8 Å². The molecule has 1 unspecified atom stereocenters. The number of aryl methyl sites for hydroxylation is 2. The van der Waals surface area contributed by atoms with Crippen LogP contribution in [0.25, 0.3) is 0 Å². The van der Waals surface area contributed by atoms with E-state index in [2.05, 4.69) is 19.9 Å². The Kier molecular flexibility index (Phi) is 4.19. The lowest BCUT2D eigenvalue weighted by Gasteiger charge is -2.18. The number of hydrogen-bond acceptors (Lipinski definition) is 3. The average molecular weight is 301 g/mol. The van der Waals surface area contributed by atoms with Crippen LogP contribution in [0.3, 0.4) is 0 Å². The molecule has 3 rings (SSSR count). The van der Waals surface area contributed by atoms with Gasteiger partial charge in [0.05, 0.1) is 5.92 Å². The SMILES string of the molecule is CC(C)CN1CC(C(=O)Oc2ccc3c(c2)CCC3)CC1=O. The minimum atomic E-state index is -0.334. The van der Waals surface area contributed by atoms with E-state index in [9.17, 15) is 9.59 Å². The first-order chi connectivity index (χ1) is 10.5. The zero-order valence-electron chi connectivity index (χ0n) is 13.3. The van der Waals surface area contributed by atoms with Gasteiger partial charge in [0.2, 0.25) is 5.91 Å². The summed E-state index contributed by atoms with van der Waals surface area (Å²) in [5.41, 5.74) is 2.65. The molecule has 0 aromatic heterocycles. The molecule has 1 fully saturated rings. The van der Waals surface area contributed by atoms with E-state index in [1.807, 2.05) is 12.1 Å². The Bertz CT molecular complexity index is 594. The first-order valence-corrected chi connectivity index (χ1v) is 8.14. The molecular formula is C18H23NO3. The van der Waals surface area contributed by atoms with Crippen molar-refractivity contribution < 1.29 is 14.3 Å². The third-order valence-corrected chi connectivity index (χ3v) is 4.42. The van der Waals surface area contributed by atoms with Crippen LogP contribution >= 0.6 is 0 Å². The minimum absolute atomic E-state index is 0.0598. The van der Waals surface area contributed by atoms with Crippen LogP contribution in [0, 0.1) is 11.8 Å². The van der Waals surface area contributed by atoms with Crippen molar-refractivity contribution in [3.63, 3.8) is 0 Å². The van der Waals surface area contributed by atoms with Gasteiger partial charge < -0.3 is 9.64 Å². The number of amides is 1. The Morgan fingerprint density at radius 3 is 2.86 bits per heavy atom. The molecule has 22 heavy (non-hydrogen) atoms. The van der Waals surface area contributed by atoms with Gasteiger partial charge in [-0.25, -0.2) is 0 Å². The highest BCUT2D eigenvalue weighted by Gasteiger charge is 2.35. The number of carbonyl (C=O) groups excluding carboxylic acids is 2. The highest BCUT2D eigenvalue weighted by atomic mass is 16.5. The van der Waals surface area contributed by atoms with Crippen molar-refractivity contribution in [2.75, 3.05) is 13.1 Å². The fourth-order valence-electron chi connectivity index (χ4n) is 3.36. The molecule has 1 atom stereocenters. The molecule has 1 aliphatic heterocycles. The fraction of sp³-hybridized carbons (Fsp3) is 0.556. The molecule has 0 saturated carbocycles. The lowest BCUT2D eigenvalue weighted by atomic mass is 10.1. The molecular weight excluding hydrogens is 278 g/mol. The number of ether oxygens (including phenoxy) is 1. The molecule has 2 aliphatic rings. The molecule has 1 aromatic carbocycles. The van der Waals surface area contributed by atoms with E-state index in [1.54, 1.807) is 4.90 Å². The second kappa shape index (κ2) is 6.11. The summed E-state index contributed by atoms with van der Waals surface area (Å²) in [5, 5.41) is 0. The van der Waals surface area contributed by atoms with E-state index < -0.39 is 0 Å². The lowest BCUT2D eigenvalue weighted by molar-refractivity contribution is -0.139. The number of esters is 1. The molecule has 1 heterocycles. The second-order valence-corrected chi connectivity index (χ2v) is 6.80. The van der Waals surface area contributed by atoms with Crippen molar-refractivity contribution >= 4 is 11.9 Å². The maximum atomic E-state index is 12.3. The molecule has 118 valence electrons. The zero-order valence-corrected chi connectivity index (χ0v) is 13.3. The monoisotopic (exact) mass is 301 g/mol. The highest BCUT2D eigenvalue weighted by Crippen LogP contribution is 2.27. The molecule has 1 saturated heterocycles. The largest absolute Gasteiger partial charge is 0.426 e. The van der Waals surface area contributed by atoms with Gasteiger partial charge >= 0.3 is 5.97 Å². The van der Waals surface area contributed by atoms with E-state index >= 15 is 0 Å². The maximum Gasteiger partial charge on any atom is 0.316 e. The molecule has 1 aromatic rings. The predicted octanol–water partition coefficient (Wildman–Crippen LogP) is 2.59. The molecule has 4 heteroatoms. The van der Waals surface area contributed by atoms with Crippen molar-refractivity contribution in [1.29, 1.82) is 0 Å². The van der Waals surface area contributed by atoms with E-state index in [-0.39, 0.29) is 24.2 Å². The number of fused-ring (bicyclic) bond motifs is 1. The van der Waals surface area contributed by atoms with E-state index in [0.29, 0.717) is 24.8 Å². The van der Waals surface area contributed by atoms with Gasteiger partial charge in [0.15, 0.2) is 0 Å². The number of rotatable bonds is 4. The van der Waals surface area contributed by atoms with Gasteiger partial charge in [-0.3, -0.25) is 9.59 Å². The van der Waals surface area contributed by atoms with Crippen molar-refractivity contribution in [1.82, 2.24) is 4.90 Å². The number of benzene rings is 1.